The van der Waals surface area contributed by atoms with E-state index < -0.39 is 0 Å². The molecule has 3 aliphatic carbocycles. The largest absolute Gasteiger partial charge is 0.211 e. The van der Waals surface area contributed by atoms with E-state index in [0.29, 0.717) is 11.8 Å². The molecule has 0 amide bonds. The van der Waals surface area contributed by atoms with Crippen molar-refractivity contribution in [1.29, 1.82) is 0 Å². The fourth-order valence-corrected chi connectivity index (χ4v) is 7.22. The Labute approximate surface area is 190 Å². The lowest BCUT2D eigenvalue weighted by Gasteiger charge is -2.49. The summed E-state index contributed by atoms with van der Waals surface area (Å²) in [6.07, 6.45) is 22.7. The zero-order chi connectivity index (χ0) is 21.7. The van der Waals surface area contributed by atoms with Crippen molar-refractivity contribution < 1.29 is 4.39 Å². The molecule has 0 heterocycles. The van der Waals surface area contributed by atoms with Crippen molar-refractivity contribution in [2.75, 3.05) is 0 Å². The molecule has 3 aliphatic rings. The van der Waals surface area contributed by atoms with Crippen LogP contribution < -0.4 is 0 Å². The summed E-state index contributed by atoms with van der Waals surface area (Å²) in [7, 11) is 0. The molecule has 0 aromatic heterocycles. The van der Waals surface area contributed by atoms with Crippen LogP contribution in [0.25, 0.3) is 0 Å². The van der Waals surface area contributed by atoms with Crippen molar-refractivity contribution in [3.63, 3.8) is 0 Å². The number of benzene rings is 1. The number of hydrogen-bond donors (Lipinski definition) is 0. The third kappa shape index (κ3) is 5.01. The first kappa shape index (κ1) is 22.8. The fourth-order valence-electron chi connectivity index (χ4n) is 7.22. The van der Waals surface area contributed by atoms with Crippen molar-refractivity contribution in [2.45, 2.75) is 96.8 Å². The topological polar surface area (TPSA) is 0 Å². The Morgan fingerprint density at radius 2 is 1.29 bits per heavy atom. The van der Waals surface area contributed by atoms with E-state index in [1.54, 1.807) is 0 Å². The van der Waals surface area contributed by atoms with E-state index in [1.807, 2.05) is 18.2 Å². The van der Waals surface area contributed by atoms with Crippen LogP contribution >= 0.6 is 0 Å². The van der Waals surface area contributed by atoms with Gasteiger partial charge in [0.1, 0.15) is 5.83 Å². The predicted molar refractivity (Wildman–Crippen MR) is 131 cm³/mol. The van der Waals surface area contributed by atoms with Gasteiger partial charge < -0.3 is 0 Å². The van der Waals surface area contributed by atoms with Gasteiger partial charge in [-0.25, -0.2) is 4.39 Å². The molecular weight excluding hydrogens is 379 g/mol. The van der Waals surface area contributed by atoms with Gasteiger partial charge in [-0.1, -0.05) is 108 Å². The van der Waals surface area contributed by atoms with Crippen molar-refractivity contribution in [3.8, 4) is 0 Å². The maximum absolute atomic E-state index is 15.7. The number of allylic oxidation sites excluding steroid dienone is 4. The van der Waals surface area contributed by atoms with E-state index >= 15 is 4.39 Å². The summed E-state index contributed by atoms with van der Waals surface area (Å²) >= 11 is 0. The average molecular weight is 423 g/mol. The van der Waals surface area contributed by atoms with Gasteiger partial charge in [-0.3, -0.25) is 0 Å². The van der Waals surface area contributed by atoms with Crippen LogP contribution in [0.1, 0.15) is 102 Å². The third-order valence-corrected chi connectivity index (χ3v) is 8.92. The van der Waals surface area contributed by atoms with E-state index in [4.69, 9.17) is 0 Å². The Kier molecular flexibility index (Phi) is 7.72. The molecule has 0 bridgehead atoms. The molecule has 0 spiro atoms. The van der Waals surface area contributed by atoms with Gasteiger partial charge in [-0.15, -0.1) is 0 Å². The molecule has 0 saturated heterocycles. The van der Waals surface area contributed by atoms with Crippen LogP contribution in [-0.2, 0) is 0 Å². The summed E-state index contributed by atoms with van der Waals surface area (Å²) in [6, 6.07) is 10.2. The average Bonchev–Trinajstić information content (AvgIpc) is 2.81. The van der Waals surface area contributed by atoms with Gasteiger partial charge in [0.2, 0.25) is 0 Å². The van der Waals surface area contributed by atoms with E-state index in [0.717, 1.165) is 17.4 Å². The van der Waals surface area contributed by atoms with Gasteiger partial charge in [-0.2, -0.15) is 0 Å². The van der Waals surface area contributed by atoms with Gasteiger partial charge in [0.05, 0.1) is 5.92 Å². The molecule has 0 N–H and O–H groups in total. The Balaban J connectivity index is 1.57. The molecular formula is C30H43F. The Hall–Kier alpha value is -1.37. The predicted octanol–water partition coefficient (Wildman–Crippen LogP) is 9.39. The molecule has 4 rings (SSSR count). The summed E-state index contributed by atoms with van der Waals surface area (Å²) in [5.41, 5.74) is 1.03. The van der Waals surface area contributed by atoms with Crippen molar-refractivity contribution >= 4 is 0 Å². The lowest BCUT2D eigenvalue weighted by atomic mass is 9.55. The molecule has 2 saturated carbocycles. The maximum Gasteiger partial charge on any atom is 0.108 e. The van der Waals surface area contributed by atoms with Crippen LogP contribution in [0.4, 0.5) is 4.39 Å². The monoisotopic (exact) mass is 422 g/mol. The SMILES string of the molecule is CCCC1CCC(C2(C3CCC(CCC)CC3)C=CC(c3ccccc3)C(F)=C2)CC1. The van der Waals surface area contributed by atoms with E-state index in [9.17, 15) is 0 Å². The standard InChI is InChI=1S/C30H43F/c1-3-8-23-12-16-26(17-13-23)30(27-18-14-24(9-4-2)15-19-27)21-20-28(29(31)22-30)25-10-6-5-7-11-25/h5-7,10-11,20-24,26-28H,3-4,8-9,12-19H2,1-2H3. The molecule has 0 aliphatic heterocycles. The molecule has 0 nitrogen and oxygen atoms in total. The highest BCUT2D eigenvalue weighted by Crippen LogP contribution is 2.55. The smallest absolute Gasteiger partial charge is 0.108 e. The molecule has 1 heteroatoms. The zero-order valence-electron chi connectivity index (χ0n) is 19.9. The van der Waals surface area contributed by atoms with Crippen LogP contribution in [0.15, 0.2) is 54.4 Å². The number of rotatable bonds is 7. The number of hydrogen-bond acceptors (Lipinski definition) is 0. The lowest BCUT2D eigenvalue weighted by molar-refractivity contribution is 0.0804. The van der Waals surface area contributed by atoms with Gasteiger partial charge in [0, 0.05) is 5.41 Å². The summed E-state index contributed by atoms with van der Waals surface area (Å²) < 4.78 is 15.7. The van der Waals surface area contributed by atoms with Crippen molar-refractivity contribution in [3.05, 3.63) is 60.0 Å². The summed E-state index contributed by atoms with van der Waals surface area (Å²) in [4.78, 5) is 0. The Morgan fingerprint density at radius 1 is 0.774 bits per heavy atom. The summed E-state index contributed by atoms with van der Waals surface area (Å²) in [5, 5.41) is 0. The quantitative estimate of drug-likeness (QED) is 0.384. The maximum atomic E-state index is 15.7. The van der Waals surface area contributed by atoms with Gasteiger partial charge in [0.25, 0.3) is 0 Å². The van der Waals surface area contributed by atoms with E-state index in [-0.39, 0.29) is 17.2 Å². The normalized spacial score (nSPS) is 36.2. The van der Waals surface area contributed by atoms with Crippen molar-refractivity contribution in [2.24, 2.45) is 29.1 Å². The molecule has 170 valence electrons. The first-order chi connectivity index (χ1) is 15.2. The van der Waals surface area contributed by atoms with Gasteiger partial charge >= 0.3 is 0 Å². The summed E-state index contributed by atoms with van der Waals surface area (Å²) in [6.45, 7) is 4.63. The van der Waals surface area contributed by atoms with Crippen molar-refractivity contribution in [1.82, 2.24) is 0 Å². The fraction of sp³-hybridized carbons (Fsp3) is 0.667. The first-order valence-electron chi connectivity index (χ1n) is 13.3. The molecule has 1 unspecified atom stereocenters. The highest BCUT2D eigenvalue weighted by atomic mass is 19.1. The van der Waals surface area contributed by atoms with Crippen LogP contribution in [-0.4, -0.2) is 0 Å². The molecule has 1 aromatic rings. The van der Waals surface area contributed by atoms with E-state index in [1.165, 1.54) is 77.0 Å². The van der Waals surface area contributed by atoms with Crippen LogP contribution in [0.2, 0.25) is 0 Å². The zero-order valence-corrected chi connectivity index (χ0v) is 19.9. The minimum absolute atomic E-state index is 0.0519. The molecule has 1 aromatic carbocycles. The Bertz CT molecular complexity index is 703. The minimum Gasteiger partial charge on any atom is -0.211 e. The second kappa shape index (κ2) is 10.5. The molecule has 31 heavy (non-hydrogen) atoms. The lowest BCUT2D eigenvalue weighted by Crippen LogP contribution is -2.40. The van der Waals surface area contributed by atoms with Crippen LogP contribution in [0.3, 0.4) is 0 Å². The second-order valence-corrected chi connectivity index (χ2v) is 10.8. The summed E-state index contributed by atoms with van der Waals surface area (Å²) in [5.74, 6) is 2.94. The second-order valence-electron chi connectivity index (χ2n) is 10.8. The number of halogens is 1. The molecule has 0 radical (unpaired) electrons. The van der Waals surface area contributed by atoms with E-state index in [2.05, 4.69) is 44.2 Å². The third-order valence-electron chi connectivity index (χ3n) is 8.92. The van der Waals surface area contributed by atoms with Crippen LogP contribution in [0, 0.1) is 29.1 Å². The minimum atomic E-state index is -0.192. The van der Waals surface area contributed by atoms with Gasteiger partial charge in [0.15, 0.2) is 0 Å². The highest BCUT2D eigenvalue weighted by molar-refractivity contribution is 5.38. The Morgan fingerprint density at radius 3 is 1.74 bits per heavy atom. The first-order valence-corrected chi connectivity index (χ1v) is 13.3. The highest BCUT2D eigenvalue weighted by Gasteiger charge is 2.46. The molecule has 2 fully saturated rings. The molecule has 1 atom stereocenters. The van der Waals surface area contributed by atoms with Gasteiger partial charge in [-0.05, 0) is 61.0 Å². The van der Waals surface area contributed by atoms with Crippen LogP contribution in [0.5, 0.6) is 0 Å².